The molecule has 0 aliphatic heterocycles. The van der Waals surface area contributed by atoms with Crippen molar-refractivity contribution < 1.29 is 22.7 Å². The number of benzene rings is 1. The average Bonchev–Trinajstić information content (AvgIpc) is 2.13. The van der Waals surface area contributed by atoms with Gasteiger partial charge in [-0.05, 0) is 24.1 Å². The molecule has 0 aliphatic rings. The molecule has 0 saturated carbocycles. The third kappa shape index (κ3) is 3.41. The second-order valence-electron chi connectivity index (χ2n) is 3.81. The maximum Gasteiger partial charge on any atom is 0.320 e. The molecule has 18 heavy (non-hydrogen) atoms. The Bertz CT molecular complexity index is 565. The lowest BCUT2D eigenvalue weighted by molar-refractivity contribution is -0.138. The predicted molar refractivity (Wildman–Crippen MR) is 63.8 cm³/mol. The molecule has 0 heterocycles. The number of hydrogen-bond donors (Lipinski definition) is 2. The van der Waals surface area contributed by atoms with Crippen molar-refractivity contribution in [2.45, 2.75) is 17.4 Å². The van der Waals surface area contributed by atoms with Crippen LogP contribution in [0.15, 0.2) is 17.0 Å². The normalized spacial score (nSPS) is 13.3. The molecule has 3 N–H and O–H groups in total. The van der Waals surface area contributed by atoms with Crippen LogP contribution in [0.25, 0.3) is 0 Å². The van der Waals surface area contributed by atoms with E-state index in [0.29, 0.717) is 0 Å². The van der Waals surface area contributed by atoms with E-state index in [0.717, 1.165) is 12.3 Å². The van der Waals surface area contributed by atoms with Gasteiger partial charge < -0.3 is 10.8 Å². The number of rotatable bonds is 4. The Morgan fingerprint density at radius 2 is 2.11 bits per heavy atom. The van der Waals surface area contributed by atoms with Crippen LogP contribution in [0.2, 0.25) is 5.02 Å². The highest BCUT2D eigenvalue weighted by molar-refractivity contribution is 7.90. The lowest BCUT2D eigenvalue weighted by Gasteiger charge is -2.09. The largest absolute Gasteiger partial charge is 0.480 e. The molecule has 0 fully saturated rings. The molecule has 1 unspecified atom stereocenters. The summed E-state index contributed by atoms with van der Waals surface area (Å²) in [4.78, 5) is 9.95. The summed E-state index contributed by atoms with van der Waals surface area (Å²) in [6.07, 6.45) is 0.690. The van der Waals surface area contributed by atoms with Gasteiger partial charge in [0.05, 0.1) is 5.02 Å². The summed E-state index contributed by atoms with van der Waals surface area (Å²) in [7, 11) is -3.78. The molecule has 0 radical (unpaired) electrons. The van der Waals surface area contributed by atoms with Gasteiger partial charge in [0.25, 0.3) is 0 Å². The molecule has 0 spiro atoms. The topological polar surface area (TPSA) is 97.5 Å². The third-order valence-corrected chi connectivity index (χ3v) is 3.77. The molecule has 1 atom stereocenters. The summed E-state index contributed by atoms with van der Waals surface area (Å²) in [6.45, 7) is 0. The summed E-state index contributed by atoms with van der Waals surface area (Å²) < 4.78 is 36.2. The van der Waals surface area contributed by atoms with Crippen molar-refractivity contribution in [1.29, 1.82) is 0 Å². The Morgan fingerprint density at radius 3 is 2.50 bits per heavy atom. The minimum atomic E-state index is -3.78. The van der Waals surface area contributed by atoms with Crippen molar-refractivity contribution in [2.75, 3.05) is 6.26 Å². The number of carboxylic acid groups (broad SMARTS) is 1. The van der Waals surface area contributed by atoms with Crippen LogP contribution in [0, 0.1) is 5.82 Å². The van der Waals surface area contributed by atoms with Gasteiger partial charge in [-0.1, -0.05) is 11.6 Å². The first-order valence-electron chi connectivity index (χ1n) is 4.79. The van der Waals surface area contributed by atoms with E-state index in [1.165, 1.54) is 6.07 Å². The Kier molecular flexibility index (Phi) is 4.31. The molecule has 0 aliphatic carbocycles. The van der Waals surface area contributed by atoms with Crippen molar-refractivity contribution in [3.05, 3.63) is 28.5 Å². The van der Waals surface area contributed by atoms with Crippen LogP contribution < -0.4 is 5.73 Å². The minimum absolute atomic E-state index is 0.143. The first kappa shape index (κ1) is 14.9. The fraction of sp³-hybridized carbons (Fsp3) is 0.300. The van der Waals surface area contributed by atoms with Crippen molar-refractivity contribution in [1.82, 2.24) is 0 Å². The highest BCUT2D eigenvalue weighted by Crippen LogP contribution is 2.26. The van der Waals surface area contributed by atoms with Crippen LogP contribution in [0.3, 0.4) is 0 Å². The van der Waals surface area contributed by atoms with Gasteiger partial charge in [-0.25, -0.2) is 12.8 Å². The van der Waals surface area contributed by atoms with E-state index in [-0.39, 0.29) is 17.0 Å². The fourth-order valence-corrected chi connectivity index (χ4v) is 2.90. The number of carbonyl (C=O) groups is 1. The average molecular weight is 296 g/mol. The molecular formula is C10H11ClFNO4S. The maximum atomic E-state index is 13.6. The molecule has 1 rings (SSSR count). The third-order valence-electron chi connectivity index (χ3n) is 2.20. The van der Waals surface area contributed by atoms with Crippen LogP contribution in [-0.4, -0.2) is 31.8 Å². The summed E-state index contributed by atoms with van der Waals surface area (Å²) in [6, 6.07) is 0.916. The molecule has 0 bridgehead atoms. The zero-order valence-electron chi connectivity index (χ0n) is 9.35. The van der Waals surface area contributed by atoms with Crippen molar-refractivity contribution in [2.24, 2.45) is 5.73 Å². The number of carboxylic acids is 1. The van der Waals surface area contributed by atoms with E-state index < -0.39 is 32.6 Å². The van der Waals surface area contributed by atoms with Gasteiger partial charge in [0.1, 0.15) is 16.8 Å². The Balaban J connectivity index is 3.20. The lowest BCUT2D eigenvalue weighted by atomic mass is 10.1. The summed E-state index contributed by atoms with van der Waals surface area (Å²) >= 11 is 5.67. The molecule has 1 aromatic carbocycles. The molecule has 8 heteroatoms. The first-order chi connectivity index (χ1) is 8.12. The van der Waals surface area contributed by atoms with Crippen molar-refractivity contribution in [3.8, 4) is 0 Å². The van der Waals surface area contributed by atoms with Gasteiger partial charge in [0.2, 0.25) is 0 Å². The van der Waals surface area contributed by atoms with E-state index in [1.807, 2.05) is 0 Å². The zero-order valence-corrected chi connectivity index (χ0v) is 10.9. The minimum Gasteiger partial charge on any atom is -0.480 e. The molecule has 100 valence electrons. The highest BCUT2D eigenvalue weighted by Gasteiger charge is 2.21. The monoisotopic (exact) mass is 295 g/mol. The second-order valence-corrected chi connectivity index (χ2v) is 6.17. The second kappa shape index (κ2) is 5.21. The smallest absolute Gasteiger partial charge is 0.320 e. The number of sulfone groups is 1. The number of hydrogen-bond acceptors (Lipinski definition) is 4. The van der Waals surface area contributed by atoms with Crippen molar-refractivity contribution in [3.63, 3.8) is 0 Å². The number of halogens is 2. The Morgan fingerprint density at radius 1 is 1.56 bits per heavy atom. The van der Waals surface area contributed by atoms with E-state index >= 15 is 0 Å². The number of aliphatic carboxylic acids is 1. The summed E-state index contributed by atoms with van der Waals surface area (Å²) in [5.74, 6) is -2.25. The van der Waals surface area contributed by atoms with Gasteiger partial charge in [-0.15, -0.1) is 0 Å². The van der Waals surface area contributed by atoms with E-state index in [2.05, 4.69) is 0 Å². The van der Waals surface area contributed by atoms with Crippen LogP contribution in [0.5, 0.6) is 0 Å². The SMILES string of the molecule is CS(=O)(=O)c1c(F)cc(CC(N)C(=O)O)cc1Cl. The predicted octanol–water partition coefficient (Wildman–Crippen LogP) is 0.837. The Labute approximate surface area is 108 Å². The molecule has 0 amide bonds. The molecule has 1 aromatic rings. The lowest BCUT2D eigenvalue weighted by Crippen LogP contribution is -2.32. The molecule has 0 aromatic heterocycles. The van der Waals surface area contributed by atoms with Gasteiger partial charge in [-0.3, -0.25) is 4.79 Å². The van der Waals surface area contributed by atoms with Crippen LogP contribution in [0.4, 0.5) is 4.39 Å². The molecular weight excluding hydrogens is 285 g/mol. The van der Waals surface area contributed by atoms with Gasteiger partial charge in [-0.2, -0.15) is 0 Å². The van der Waals surface area contributed by atoms with Crippen LogP contribution in [-0.2, 0) is 21.1 Å². The standard InChI is InChI=1S/C10H11ClFNO4S/c1-18(16,17)9-6(11)2-5(3-7(9)12)4-8(13)10(14)15/h2-3,8H,4,13H2,1H3,(H,14,15). The fourth-order valence-electron chi connectivity index (χ4n) is 1.43. The summed E-state index contributed by atoms with van der Waals surface area (Å²) in [5, 5.41) is 8.33. The van der Waals surface area contributed by atoms with E-state index in [1.54, 1.807) is 0 Å². The van der Waals surface area contributed by atoms with Gasteiger partial charge >= 0.3 is 5.97 Å². The maximum absolute atomic E-state index is 13.6. The van der Waals surface area contributed by atoms with E-state index in [4.69, 9.17) is 22.4 Å². The van der Waals surface area contributed by atoms with Gasteiger partial charge in [0.15, 0.2) is 9.84 Å². The van der Waals surface area contributed by atoms with Gasteiger partial charge in [0, 0.05) is 6.26 Å². The Hall–Kier alpha value is -1.18. The molecule has 0 saturated heterocycles. The van der Waals surface area contributed by atoms with Crippen molar-refractivity contribution >= 4 is 27.4 Å². The first-order valence-corrected chi connectivity index (χ1v) is 7.06. The van der Waals surface area contributed by atoms with E-state index in [9.17, 15) is 17.6 Å². The quantitative estimate of drug-likeness (QED) is 0.858. The van der Waals surface area contributed by atoms with Crippen LogP contribution >= 0.6 is 11.6 Å². The van der Waals surface area contributed by atoms with Crippen LogP contribution in [0.1, 0.15) is 5.56 Å². The molecule has 5 nitrogen and oxygen atoms in total. The zero-order chi connectivity index (χ0) is 14.1. The highest BCUT2D eigenvalue weighted by atomic mass is 35.5. The number of nitrogens with two attached hydrogens (primary N) is 1. The summed E-state index contributed by atoms with van der Waals surface area (Å²) in [5.41, 5.74) is 5.51.